The van der Waals surface area contributed by atoms with E-state index < -0.39 is 0 Å². The maximum Gasteiger partial charge on any atom is 0.241 e. The molecule has 2 unspecified atom stereocenters. The number of amides is 1. The lowest BCUT2D eigenvalue weighted by molar-refractivity contribution is -0.117. The highest BCUT2D eigenvalue weighted by atomic mass is 16.3. The molecule has 0 radical (unpaired) electrons. The summed E-state index contributed by atoms with van der Waals surface area (Å²) in [6.07, 6.45) is 0.750. The number of aliphatic hydroxyl groups excluding tert-OH is 1. The van der Waals surface area contributed by atoms with E-state index in [0.717, 1.165) is 18.7 Å². The molecule has 3 N–H and O–H groups in total. The quantitative estimate of drug-likeness (QED) is 0.689. The van der Waals surface area contributed by atoms with Gasteiger partial charge in [0.2, 0.25) is 5.91 Å². The van der Waals surface area contributed by atoms with Gasteiger partial charge in [-0.1, -0.05) is 25.1 Å². The molecule has 1 rings (SSSR count). The first-order valence-electron chi connectivity index (χ1n) is 6.33. The third kappa shape index (κ3) is 5.29. The normalized spacial score (nSPS) is 13.9. The minimum Gasteiger partial charge on any atom is -0.396 e. The molecule has 0 saturated heterocycles. The molecular weight excluding hydrogens is 228 g/mol. The Morgan fingerprint density at radius 1 is 1.28 bits per heavy atom. The van der Waals surface area contributed by atoms with Gasteiger partial charge in [-0.15, -0.1) is 0 Å². The standard InChI is InChI=1S/C14H22N2O2/c1-11(8-9-17)10-15-12(2)14(18)16-13-6-4-3-5-7-13/h3-7,11-12,15,17H,8-10H2,1-2H3,(H,16,18). The highest BCUT2D eigenvalue weighted by molar-refractivity contribution is 5.94. The molecule has 0 saturated carbocycles. The number of anilines is 1. The van der Waals surface area contributed by atoms with E-state index in [4.69, 9.17) is 5.11 Å². The fourth-order valence-electron chi connectivity index (χ4n) is 1.57. The second-order valence-corrected chi connectivity index (χ2v) is 4.60. The highest BCUT2D eigenvalue weighted by Crippen LogP contribution is 2.06. The summed E-state index contributed by atoms with van der Waals surface area (Å²) in [5.41, 5.74) is 0.805. The molecule has 18 heavy (non-hydrogen) atoms. The molecule has 0 aromatic heterocycles. The van der Waals surface area contributed by atoms with E-state index >= 15 is 0 Å². The number of rotatable bonds is 7. The molecule has 2 atom stereocenters. The van der Waals surface area contributed by atoms with Crippen LogP contribution in [0.2, 0.25) is 0 Å². The summed E-state index contributed by atoms with van der Waals surface area (Å²) in [7, 11) is 0. The predicted molar refractivity (Wildman–Crippen MR) is 73.4 cm³/mol. The van der Waals surface area contributed by atoms with Crippen LogP contribution in [0.3, 0.4) is 0 Å². The Morgan fingerprint density at radius 3 is 2.56 bits per heavy atom. The Balaban J connectivity index is 2.33. The van der Waals surface area contributed by atoms with Crippen LogP contribution in [0.25, 0.3) is 0 Å². The van der Waals surface area contributed by atoms with Crippen LogP contribution in [-0.2, 0) is 4.79 Å². The minimum atomic E-state index is -0.244. The van der Waals surface area contributed by atoms with Gasteiger partial charge in [0.1, 0.15) is 0 Å². The summed E-state index contributed by atoms with van der Waals surface area (Å²) in [6, 6.07) is 9.16. The number of aliphatic hydroxyl groups is 1. The summed E-state index contributed by atoms with van der Waals surface area (Å²) in [5.74, 6) is 0.319. The molecule has 100 valence electrons. The third-order valence-corrected chi connectivity index (χ3v) is 2.83. The van der Waals surface area contributed by atoms with Crippen LogP contribution in [0, 0.1) is 5.92 Å². The van der Waals surface area contributed by atoms with Crippen molar-refractivity contribution in [3.05, 3.63) is 30.3 Å². The molecule has 0 aliphatic rings. The van der Waals surface area contributed by atoms with Crippen molar-refractivity contribution in [1.29, 1.82) is 0 Å². The second-order valence-electron chi connectivity index (χ2n) is 4.60. The molecular formula is C14H22N2O2. The zero-order chi connectivity index (χ0) is 13.4. The van der Waals surface area contributed by atoms with Crippen molar-refractivity contribution in [2.45, 2.75) is 26.3 Å². The zero-order valence-corrected chi connectivity index (χ0v) is 11.0. The maximum atomic E-state index is 11.9. The fraction of sp³-hybridized carbons (Fsp3) is 0.500. The Kier molecular flexibility index (Phi) is 6.39. The molecule has 0 aliphatic carbocycles. The summed E-state index contributed by atoms with van der Waals surface area (Å²) in [6.45, 7) is 4.80. The highest BCUT2D eigenvalue weighted by Gasteiger charge is 2.13. The van der Waals surface area contributed by atoms with Gasteiger partial charge in [-0.3, -0.25) is 4.79 Å². The molecule has 0 bridgehead atoms. The van der Waals surface area contributed by atoms with Gasteiger partial charge in [0.05, 0.1) is 6.04 Å². The summed E-state index contributed by atoms with van der Waals surface area (Å²) >= 11 is 0. The lowest BCUT2D eigenvalue weighted by Crippen LogP contribution is -2.40. The van der Waals surface area contributed by atoms with Gasteiger partial charge in [0.15, 0.2) is 0 Å². The van der Waals surface area contributed by atoms with E-state index in [1.807, 2.05) is 44.2 Å². The van der Waals surface area contributed by atoms with Gasteiger partial charge in [0.25, 0.3) is 0 Å². The molecule has 0 aliphatic heterocycles. The average molecular weight is 250 g/mol. The Morgan fingerprint density at radius 2 is 1.94 bits per heavy atom. The van der Waals surface area contributed by atoms with Crippen LogP contribution < -0.4 is 10.6 Å². The Hall–Kier alpha value is -1.39. The maximum absolute atomic E-state index is 11.9. The largest absolute Gasteiger partial charge is 0.396 e. The van der Waals surface area contributed by atoms with Crippen molar-refractivity contribution in [2.75, 3.05) is 18.5 Å². The molecule has 4 nitrogen and oxygen atoms in total. The van der Waals surface area contributed by atoms with Gasteiger partial charge >= 0.3 is 0 Å². The topological polar surface area (TPSA) is 61.4 Å². The van der Waals surface area contributed by atoms with E-state index in [-0.39, 0.29) is 18.6 Å². The van der Waals surface area contributed by atoms with Crippen LogP contribution in [-0.4, -0.2) is 30.2 Å². The van der Waals surface area contributed by atoms with E-state index in [0.29, 0.717) is 5.92 Å². The molecule has 0 heterocycles. The van der Waals surface area contributed by atoms with E-state index in [9.17, 15) is 4.79 Å². The molecule has 0 spiro atoms. The smallest absolute Gasteiger partial charge is 0.241 e. The first-order chi connectivity index (χ1) is 8.63. The molecule has 0 fully saturated rings. The first kappa shape index (κ1) is 14.7. The molecule has 1 amide bonds. The van der Waals surface area contributed by atoms with Crippen LogP contribution in [0.1, 0.15) is 20.3 Å². The van der Waals surface area contributed by atoms with E-state index in [1.165, 1.54) is 0 Å². The fourth-order valence-corrected chi connectivity index (χ4v) is 1.57. The number of hydrogen-bond donors (Lipinski definition) is 3. The number of benzene rings is 1. The zero-order valence-electron chi connectivity index (χ0n) is 11.0. The van der Waals surface area contributed by atoms with Gasteiger partial charge in [-0.25, -0.2) is 0 Å². The number of carbonyl (C=O) groups is 1. The van der Waals surface area contributed by atoms with Gasteiger partial charge in [0, 0.05) is 12.3 Å². The Labute approximate surface area is 108 Å². The van der Waals surface area contributed by atoms with Gasteiger partial charge in [-0.2, -0.15) is 0 Å². The molecule has 1 aromatic carbocycles. The SMILES string of the molecule is CC(CCO)CNC(C)C(=O)Nc1ccccc1. The van der Waals surface area contributed by atoms with Crippen LogP contribution >= 0.6 is 0 Å². The van der Waals surface area contributed by atoms with Crippen molar-refractivity contribution in [2.24, 2.45) is 5.92 Å². The summed E-state index contributed by atoms with van der Waals surface area (Å²) in [5, 5.41) is 14.8. The van der Waals surface area contributed by atoms with Crippen molar-refractivity contribution in [3.8, 4) is 0 Å². The predicted octanol–water partition coefficient (Wildman–Crippen LogP) is 1.62. The van der Waals surface area contributed by atoms with Crippen LogP contribution in [0.5, 0.6) is 0 Å². The van der Waals surface area contributed by atoms with Gasteiger partial charge in [-0.05, 0) is 37.9 Å². The van der Waals surface area contributed by atoms with E-state index in [2.05, 4.69) is 10.6 Å². The number of hydrogen-bond acceptors (Lipinski definition) is 3. The average Bonchev–Trinajstić information content (AvgIpc) is 2.37. The van der Waals surface area contributed by atoms with Crippen LogP contribution in [0.4, 0.5) is 5.69 Å². The number of para-hydroxylation sites is 1. The van der Waals surface area contributed by atoms with Crippen molar-refractivity contribution >= 4 is 11.6 Å². The number of nitrogens with one attached hydrogen (secondary N) is 2. The van der Waals surface area contributed by atoms with E-state index in [1.54, 1.807) is 0 Å². The lowest BCUT2D eigenvalue weighted by Gasteiger charge is -2.17. The summed E-state index contributed by atoms with van der Waals surface area (Å²) in [4.78, 5) is 11.9. The van der Waals surface area contributed by atoms with Crippen LogP contribution in [0.15, 0.2) is 30.3 Å². The van der Waals surface area contributed by atoms with Crippen molar-refractivity contribution < 1.29 is 9.90 Å². The number of carbonyl (C=O) groups excluding carboxylic acids is 1. The first-order valence-corrected chi connectivity index (χ1v) is 6.33. The second kappa shape index (κ2) is 7.84. The third-order valence-electron chi connectivity index (χ3n) is 2.83. The van der Waals surface area contributed by atoms with Crippen molar-refractivity contribution in [1.82, 2.24) is 5.32 Å². The Bertz CT molecular complexity index is 354. The van der Waals surface area contributed by atoms with Gasteiger partial charge < -0.3 is 15.7 Å². The lowest BCUT2D eigenvalue weighted by atomic mass is 10.1. The summed E-state index contributed by atoms with van der Waals surface area (Å²) < 4.78 is 0. The molecule has 1 aromatic rings. The molecule has 4 heteroatoms. The monoisotopic (exact) mass is 250 g/mol. The minimum absolute atomic E-state index is 0.0441. The van der Waals surface area contributed by atoms with Crippen molar-refractivity contribution in [3.63, 3.8) is 0 Å².